The van der Waals surface area contributed by atoms with Gasteiger partial charge < -0.3 is 5.32 Å². The lowest BCUT2D eigenvalue weighted by Gasteiger charge is -2.11. The topological polar surface area (TPSA) is 64.0 Å². The van der Waals surface area contributed by atoms with Gasteiger partial charge in [-0.3, -0.25) is 9.59 Å². The van der Waals surface area contributed by atoms with E-state index in [9.17, 15) is 14.0 Å². The summed E-state index contributed by atoms with van der Waals surface area (Å²) >= 11 is 0. The Labute approximate surface area is 144 Å². The maximum Gasteiger partial charge on any atom is 0.276 e. The van der Waals surface area contributed by atoms with Crippen molar-refractivity contribution in [2.45, 2.75) is 26.3 Å². The van der Waals surface area contributed by atoms with E-state index in [4.69, 9.17) is 0 Å². The van der Waals surface area contributed by atoms with Gasteiger partial charge in [0.2, 0.25) is 0 Å². The first-order chi connectivity index (χ1) is 12.1. The Morgan fingerprint density at radius 1 is 1.16 bits per heavy atom. The zero-order chi connectivity index (χ0) is 17.8. The lowest BCUT2D eigenvalue weighted by Crippen LogP contribution is -2.27. The number of halogens is 1. The number of aromatic nitrogens is 2. The van der Waals surface area contributed by atoms with Crippen LogP contribution in [0.2, 0.25) is 0 Å². The first-order valence-electron chi connectivity index (χ1n) is 8.17. The van der Waals surface area contributed by atoms with Crippen molar-refractivity contribution in [1.29, 1.82) is 0 Å². The fraction of sp³-hybridized carbons (Fsp3) is 0.211. The summed E-state index contributed by atoms with van der Waals surface area (Å²) in [6, 6.07) is 12.5. The molecule has 0 unspecified atom stereocenters. The maximum atomic E-state index is 13.3. The number of nitrogens with zero attached hydrogens (tertiary/aromatic N) is 2. The summed E-state index contributed by atoms with van der Waals surface area (Å²) in [5.74, 6) is -0.921. The molecular weight excluding hydrogens is 321 g/mol. The van der Waals surface area contributed by atoms with Gasteiger partial charge in [0.15, 0.2) is 5.69 Å². The molecule has 0 saturated heterocycles. The highest BCUT2D eigenvalue weighted by atomic mass is 19.1. The summed E-state index contributed by atoms with van der Waals surface area (Å²) in [6.07, 6.45) is 1.70. The zero-order valence-electron chi connectivity index (χ0n) is 13.8. The van der Waals surface area contributed by atoms with E-state index in [1.165, 1.54) is 22.9 Å². The molecule has 0 bridgehead atoms. The van der Waals surface area contributed by atoms with E-state index >= 15 is 0 Å². The Balaban J connectivity index is 2.06. The maximum absolute atomic E-state index is 13.3. The number of carbonyl (C=O) groups excluding carboxylic acids is 1. The van der Waals surface area contributed by atoms with Crippen LogP contribution in [0.1, 0.15) is 30.3 Å². The minimum absolute atomic E-state index is 0.149. The van der Waals surface area contributed by atoms with Gasteiger partial charge in [-0.1, -0.05) is 37.6 Å². The van der Waals surface area contributed by atoms with Crippen LogP contribution >= 0.6 is 0 Å². The number of anilines is 1. The van der Waals surface area contributed by atoms with Gasteiger partial charge in [0.25, 0.3) is 11.5 Å². The Morgan fingerprint density at radius 3 is 2.64 bits per heavy atom. The number of hydrogen-bond donors (Lipinski definition) is 1. The Bertz CT molecular complexity index is 982. The normalized spacial score (nSPS) is 10.8. The van der Waals surface area contributed by atoms with Crippen molar-refractivity contribution in [2.75, 3.05) is 5.32 Å². The fourth-order valence-electron chi connectivity index (χ4n) is 2.62. The third kappa shape index (κ3) is 3.57. The van der Waals surface area contributed by atoms with Crippen molar-refractivity contribution < 1.29 is 9.18 Å². The van der Waals surface area contributed by atoms with Crippen molar-refractivity contribution in [2.24, 2.45) is 0 Å². The van der Waals surface area contributed by atoms with Crippen molar-refractivity contribution >= 4 is 22.4 Å². The van der Waals surface area contributed by atoms with Crippen molar-refractivity contribution in [3.63, 3.8) is 0 Å². The number of fused-ring (bicyclic) bond motifs is 1. The van der Waals surface area contributed by atoms with Crippen LogP contribution < -0.4 is 10.9 Å². The van der Waals surface area contributed by atoms with Gasteiger partial charge in [0, 0.05) is 17.6 Å². The Kier molecular flexibility index (Phi) is 4.88. The van der Waals surface area contributed by atoms with E-state index in [2.05, 4.69) is 10.4 Å². The fourth-order valence-corrected chi connectivity index (χ4v) is 2.62. The molecular formula is C19H18FN3O2. The van der Waals surface area contributed by atoms with Crippen LogP contribution in [0.5, 0.6) is 0 Å². The average Bonchev–Trinajstić information content (AvgIpc) is 2.61. The SMILES string of the molecule is CCCCn1nc(C(=O)Nc2cccc(F)c2)c2ccccc2c1=O. The van der Waals surface area contributed by atoms with E-state index in [0.717, 1.165) is 12.8 Å². The lowest BCUT2D eigenvalue weighted by atomic mass is 10.1. The van der Waals surface area contributed by atoms with Crippen molar-refractivity contribution in [3.05, 3.63) is 70.4 Å². The van der Waals surface area contributed by atoms with E-state index in [1.807, 2.05) is 6.92 Å². The molecule has 0 radical (unpaired) electrons. The molecule has 0 aliphatic carbocycles. The molecule has 0 aliphatic heterocycles. The van der Waals surface area contributed by atoms with E-state index in [0.29, 0.717) is 23.0 Å². The van der Waals surface area contributed by atoms with Gasteiger partial charge in [-0.25, -0.2) is 9.07 Å². The summed E-state index contributed by atoms with van der Waals surface area (Å²) in [4.78, 5) is 25.2. The van der Waals surface area contributed by atoms with Gasteiger partial charge >= 0.3 is 0 Å². The molecule has 0 fully saturated rings. The first-order valence-corrected chi connectivity index (χ1v) is 8.17. The zero-order valence-corrected chi connectivity index (χ0v) is 13.8. The summed E-state index contributed by atoms with van der Waals surface area (Å²) in [6.45, 7) is 2.46. The number of hydrogen-bond acceptors (Lipinski definition) is 3. The standard InChI is InChI=1S/C19H18FN3O2/c1-2-3-11-23-19(25)16-10-5-4-9-15(16)17(22-23)18(24)21-14-8-6-7-13(20)12-14/h4-10,12H,2-3,11H2,1H3,(H,21,24). The molecule has 0 saturated carbocycles. The molecule has 6 heteroatoms. The second-order valence-electron chi connectivity index (χ2n) is 5.74. The summed E-state index contributed by atoms with van der Waals surface area (Å²) < 4.78 is 14.6. The molecule has 0 aliphatic rings. The molecule has 3 rings (SSSR count). The first kappa shape index (κ1) is 16.8. The largest absolute Gasteiger partial charge is 0.320 e. The van der Waals surface area contributed by atoms with E-state index < -0.39 is 11.7 Å². The molecule has 3 aromatic rings. The molecule has 0 spiro atoms. The highest BCUT2D eigenvalue weighted by Gasteiger charge is 2.16. The highest BCUT2D eigenvalue weighted by Crippen LogP contribution is 2.16. The predicted octanol–water partition coefficient (Wildman–Crippen LogP) is 3.59. The smallest absolute Gasteiger partial charge is 0.276 e. The van der Waals surface area contributed by atoms with Gasteiger partial charge in [-0.05, 0) is 30.7 Å². The molecule has 128 valence electrons. The number of aryl methyl sites for hydroxylation is 1. The number of nitrogens with one attached hydrogen (secondary N) is 1. The molecule has 5 nitrogen and oxygen atoms in total. The Morgan fingerprint density at radius 2 is 1.92 bits per heavy atom. The summed E-state index contributed by atoms with van der Waals surface area (Å²) in [7, 11) is 0. The summed E-state index contributed by atoms with van der Waals surface area (Å²) in [5.41, 5.74) is 0.268. The average molecular weight is 339 g/mol. The van der Waals surface area contributed by atoms with Crippen LogP contribution in [-0.4, -0.2) is 15.7 Å². The Hall–Kier alpha value is -3.02. The number of amides is 1. The molecule has 1 aromatic heterocycles. The number of carbonyl (C=O) groups is 1. The summed E-state index contributed by atoms with van der Waals surface area (Å²) in [5, 5.41) is 7.82. The number of rotatable bonds is 5. The number of unbranched alkanes of at least 4 members (excludes halogenated alkanes) is 1. The minimum atomic E-state index is -0.480. The van der Waals surface area contributed by atoms with Gasteiger partial charge in [-0.2, -0.15) is 5.10 Å². The molecule has 1 N–H and O–H groups in total. The molecule has 25 heavy (non-hydrogen) atoms. The molecule has 1 amide bonds. The van der Waals surface area contributed by atoms with Crippen LogP contribution in [0, 0.1) is 5.82 Å². The van der Waals surface area contributed by atoms with Gasteiger partial charge in [0.1, 0.15) is 5.82 Å². The lowest BCUT2D eigenvalue weighted by molar-refractivity contribution is 0.102. The van der Waals surface area contributed by atoms with Crippen LogP contribution in [0.3, 0.4) is 0 Å². The number of benzene rings is 2. The van der Waals surface area contributed by atoms with Gasteiger partial charge in [0.05, 0.1) is 5.39 Å². The van der Waals surface area contributed by atoms with E-state index in [-0.39, 0.29) is 11.3 Å². The minimum Gasteiger partial charge on any atom is -0.320 e. The molecule has 1 heterocycles. The molecule has 2 aromatic carbocycles. The van der Waals surface area contributed by atoms with Crippen molar-refractivity contribution in [1.82, 2.24) is 9.78 Å². The predicted molar refractivity (Wildman–Crippen MR) is 95.3 cm³/mol. The van der Waals surface area contributed by atoms with Crippen molar-refractivity contribution in [3.8, 4) is 0 Å². The molecule has 0 atom stereocenters. The third-order valence-electron chi connectivity index (χ3n) is 3.89. The highest BCUT2D eigenvalue weighted by molar-refractivity contribution is 6.11. The third-order valence-corrected chi connectivity index (χ3v) is 3.89. The van der Waals surface area contributed by atoms with Gasteiger partial charge in [-0.15, -0.1) is 0 Å². The monoisotopic (exact) mass is 339 g/mol. The van der Waals surface area contributed by atoms with Crippen LogP contribution in [0.4, 0.5) is 10.1 Å². The van der Waals surface area contributed by atoms with Crippen LogP contribution in [0.15, 0.2) is 53.3 Å². The second-order valence-corrected chi connectivity index (χ2v) is 5.74. The van der Waals surface area contributed by atoms with E-state index in [1.54, 1.807) is 30.3 Å². The van der Waals surface area contributed by atoms with Crippen LogP contribution in [-0.2, 0) is 6.54 Å². The quantitative estimate of drug-likeness (QED) is 0.773. The van der Waals surface area contributed by atoms with Crippen LogP contribution in [0.25, 0.3) is 10.8 Å². The second kappa shape index (κ2) is 7.25.